The largest absolute Gasteiger partial charge is 0.391 e. The van der Waals surface area contributed by atoms with Crippen molar-refractivity contribution in [3.63, 3.8) is 0 Å². The Hall–Kier alpha value is -1.96. The molecule has 2 aliphatic carbocycles. The average Bonchev–Trinajstić information content (AvgIpc) is 3.49. The first kappa shape index (κ1) is 21.9. The van der Waals surface area contributed by atoms with Gasteiger partial charge in [0.25, 0.3) is 5.91 Å². The Morgan fingerprint density at radius 2 is 1.75 bits per heavy atom. The van der Waals surface area contributed by atoms with Crippen LogP contribution in [0.15, 0.2) is 24.3 Å². The normalized spacial score (nSPS) is 31.5. The third-order valence-electron chi connectivity index (χ3n) is 8.01. The van der Waals surface area contributed by atoms with Crippen molar-refractivity contribution in [3.05, 3.63) is 29.8 Å². The highest BCUT2D eigenvalue weighted by molar-refractivity contribution is 5.97. The van der Waals surface area contributed by atoms with Gasteiger partial charge in [-0.1, -0.05) is 18.9 Å². The molecule has 7 heteroatoms. The van der Waals surface area contributed by atoms with Crippen molar-refractivity contribution in [1.29, 1.82) is 0 Å². The van der Waals surface area contributed by atoms with E-state index in [0.29, 0.717) is 29.6 Å². The fourth-order valence-corrected chi connectivity index (χ4v) is 6.22. The highest BCUT2D eigenvalue weighted by Gasteiger charge is 2.44. The van der Waals surface area contributed by atoms with Gasteiger partial charge in [-0.25, -0.2) is 0 Å². The Labute approximate surface area is 190 Å². The number of carbonyl (C=O) groups excluding carboxylic acids is 2. The second-order valence-corrected chi connectivity index (χ2v) is 10.0. The number of aliphatic hydroxyl groups is 1. The fraction of sp³-hybridized carbons (Fsp3) is 0.680. The van der Waals surface area contributed by atoms with E-state index in [1.54, 1.807) is 0 Å². The minimum absolute atomic E-state index is 0.0220. The lowest BCUT2D eigenvalue weighted by molar-refractivity contribution is -0.119. The van der Waals surface area contributed by atoms with Gasteiger partial charge in [0.1, 0.15) is 0 Å². The van der Waals surface area contributed by atoms with Gasteiger partial charge in [0.2, 0.25) is 5.91 Å². The van der Waals surface area contributed by atoms with Crippen molar-refractivity contribution in [3.8, 4) is 0 Å². The van der Waals surface area contributed by atoms with Gasteiger partial charge in [-0.05, 0) is 55.7 Å². The zero-order valence-corrected chi connectivity index (χ0v) is 18.7. The van der Waals surface area contributed by atoms with E-state index in [4.69, 9.17) is 4.74 Å². The molecule has 2 saturated heterocycles. The number of amides is 2. The first-order valence-corrected chi connectivity index (χ1v) is 12.3. The molecule has 2 heterocycles. The molecular formula is C25H35N3O4. The highest BCUT2D eigenvalue weighted by Crippen LogP contribution is 2.39. The first-order chi connectivity index (χ1) is 15.6. The van der Waals surface area contributed by atoms with Crippen molar-refractivity contribution in [1.82, 2.24) is 9.80 Å². The van der Waals surface area contributed by atoms with Crippen LogP contribution in [-0.2, 0) is 9.53 Å². The third kappa shape index (κ3) is 4.56. The Morgan fingerprint density at radius 3 is 2.50 bits per heavy atom. The van der Waals surface area contributed by atoms with E-state index in [1.807, 2.05) is 29.2 Å². The molecule has 2 aliphatic heterocycles. The number of anilines is 1. The molecule has 4 atom stereocenters. The van der Waals surface area contributed by atoms with Crippen LogP contribution in [-0.4, -0.2) is 78.3 Å². The lowest BCUT2D eigenvalue weighted by Crippen LogP contribution is -2.53. The summed E-state index contributed by atoms with van der Waals surface area (Å²) < 4.78 is 5.47. The zero-order chi connectivity index (χ0) is 22.1. The van der Waals surface area contributed by atoms with Gasteiger partial charge >= 0.3 is 0 Å². The van der Waals surface area contributed by atoms with E-state index in [-0.39, 0.29) is 29.9 Å². The third-order valence-corrected chi connectivity index (χ3v) is 8.01. The van der Waals surface area contributed by atoms with Gasteiger partial charge in [0.05, 0.1) is 19.3 Å². The summed E-state index contributed by atoms with van der Waals surface area (Å²) in [5.74, 6) is 0.982. The van der Waals surface area contributed by atoms with E-state index < -0.39 is 0 Å². The molecule has 1 aromatic carbocycles. The molecule has 0 spiro atoms. The number of carbonyl (C=O) groups is 2. The average molecular weight is 442 g/mol. The minimum atomic E-state index is -0.335. The summed E-state index contributed by atoms with van der Waals surface area (Å²) in [4.78, 5) is 30.1. The van der Waals surface area contributed by atoms with E-state index in [2.05, 4.69) is 10.2 Å². The zero-order valence-electron chi connectivity index (χ0n) is 18.7. The second kappa shape index (κ2) is 9.49. The van der Waals surface area contributed by atoms with E-state index in [1.165, 1.54) is 0 Å². The number of aliphatic hydroxyl groups excluding tert-OH is 1. The van der Waals surface area contributed by atoms with Gasteiger partial charge < -0.3 is 20.1 Å². The Kier molecular flexibility index (Phi) is 6.49. The molecule has 2 N–H and O–H groups in total. The highest BCUT2D eigenvalue weighted by atomic mass is 16.5. The quantitative estimate of drug-likeness (QED) is 0.750. The molecule has 2 amide bonds. The van der Waals surface area contributed by atoms with Crippen LogP contribution < -0.4 is 5.32 Å². The number of fused-ring (bicyclic) bond motifs is 1. The Bertz CT molecular complexity index is 834. The predicted octanol–water partition coefficient (Wildman–Crippen LogP) is 2.36. The summed E-state index contributed by atoms with van der Waals surface area (Å²) in [7, 11) is 0. The summed E-state index contributed by atoms with van der Waals surface area (Å²) in [5.41, 5.74) is 1.32. The molecule has 4 fully saturated rings. The minimum Gasteiger partial charge on any atom is -0.391 e. The molecule has 4 aliphatic rings. The maximum absolute atomic E-state index is 13.3. The van der Waals surface area contributed by atoms with Crippen molar-refractivity contribution in [2.75, 3.05) is 44.7 Å². The number of ether oxygens (including phenoxy) is 1. The summed E-state index contributed by atoms with van der Waals surface area (Å²) in [5, 5.41) is 13.8. The molecule has 7 nitrogen and oxygen atoms in total. The molecule has 1 aromatic rings. The number of hydrogen-bond acceptors (Lipinski definition) is 5. The molecule has 2 saturated carbocycles. The van der Waals surface area contributed by atoms with Crippen LogP contribution in [0.2, 0.25) is 0 Å². The molecule has 0 aromatic heterocycles. The number of likely N-dealkylation sites (tertiary alicyclic amines) is 1. The second-order valence-electron chi connectivity index (χ2n) is 10.0. The smallest absolute Gasteiger partial charge is 0.253 e. The summed E-state index contributed by atoms with van der Waals surface area (Å²) in [6, 6.07) is 7.52. The van der Waals surface area contributed by atoms with Gasteiger partial charge in [-0.2, -0.15) is 0 Å². The van der Waals surface area contributed by atoms with Crippen LogP contribution >= 0.6 is 0 Å². The van der Waals surface area contributed by atoms with E-state index in [9.17, 15) is 14.7 Å². The van der Waals surface area contributed by atoms with Crippen molar-refractivity contribution >= 4 is 17.5 Å². The predicted molar refractivity (Wildman–Crippen MR) is 121 cm³/mol. The van der Waals surface area contributed by atoms with E-state index >= 15 is 0 Å². The molecule has 0 bridgehead atoms. The molecular weight excluding hydrogens is 406 g/mol. The number of benzene rings is 1. The molecule has 0 unspecified atom stereocenters. The number of hydrogen-bond donors (Lipinski definition) is 2. The SMILES string of the molecule is O=C(Nc1cccc(C(=O)N2C[C@H]3C[C@@H](N4CCOCC4)[C@H](O)C[C@H]3C2)c1)C1CCCC1. The lowest BCUT2D eigenvalue weighted by Gasteiger charge is -2.43. The van der Waals surface area contributed by atoms with Crippen LogP contribution in [0.1, 0.15) is 48.9 Å². The van der Waals surface area contributed by atoms with Crippen LogP contribution in [0.5, 0.6) is 0 Å². The number of nitrogens with zero attached hydrogens (tertiary/aromatic N) is 2. The molecule has 5 rings (SSSR count). The number of nitrogens with one attached hydrogen (secondary N) is 1. The van der Waals surface area contributed by atoms with Crippen LogP contribution in [0, 0.1) is 17.8 Å². The van der Waals surface area contributed by atoms with Gasteiger partial charge in [-0.15, -0.1) is 0 Å². The molecule has 0 radical (unpaired) electrons. The number of rotatable bonds is 4. The number of morpholine rings is 1. The van der Waals surface area contributed by atoms with Crippen LogP contribution in [0.4, 0.5) is 5.69 Å². The van der Waals surface area contributed by atoms with Crippen LogP contribution in [0.3, 0.4) is 0 Å². The van der Waals surface area contributed by atoms with Gasteiger partial charge in [0, 0.05) is 49.4 Å². The van der Waals surface area contributed by atoms with Gasteiger partial charge in [-0.3, -0.25) is 14.5 Å². The van der Waals surface area contributed by atoms with Crippen molar-refractivity contribution in [2.24, 2.45) is 17.8 Å². The standard InChI is InChI=1S/C25H35N3O4/c29-23-14-20-16-28(15-19(20)13-22(23)27-8-10-32-11-9-27)25(31)18-6-3-7-21(12-18)26-24(30)17-4-1-2-5-17/h3,6-7,12,17,19-20,22-23,29H,1-2,4-5,8-11,13-16H2,(H,26,30)/t19-,20+,22-,23-/m1/s1. The topological polar surface area (TPSA) is 82.1 Å². The maximum Gasteiger partial charge on any atom is 0.253 e. The van der Waals surface area contributed by atoms with E-state index in [0.717, 1.165) is 71.4 Å². The maximum atomic E-state index is 13.3. The molecule has 174 valence electrons. The Balaban J connectivity index is 1.21. The Morgan fingerprint density at radius 1 is 1.03 bits per heavy atom. The fourth-order valence-electron chi connectivity index (χ4n) is 6.22. The summed E-state index contributed by atoms with van der Waals surface area (Å²) >= 11 is 0. The summed E-state index contributed by atoms with van der Waals surface area (Å²) in [6.45, 7) is 4.66. The summed E-state index contributed by atoms with van der Waals surface area (Å²) in [6.07, 6.45) is 5.51. The van der Waals surface area contributed by atoms with Crippen molar-refractivity contribution < 1.29 is 19.4 Å². The molecule has 32 heavy (non-hydrogen) atoms. The lowest BCUT2D eigenvalue weighted by atomic mass is 9.77. The van der Waals surface area contributed by atoms with Gasteiger partial charge in [0.15, 0.2) is 0 Å². The van der Waals surface area contributed by atoms with Crippen LogP contribution in [0.25, 0.3) is 0 Å². The first-order valence-electron chi connectivity index (χ1n) is 12.3. The van der Waals surface area contributed by atoms with Crippen molar-refractivity contribution in [2.45, 2.75) is 50.7 Å². The monoisotopic (exact) mass is 441 g/mol.